The van der Waals surface area contributed by atoms with Gasteiger partial charge in [0.2, 0.25) is 0 Å². The lowest BCUT2D eigenvalue weighted by Gasteiger charge is -2.15. The van der Waals surface area contributed by atoms with Crippen LogP contribution in [-0.4, -0.2) is 23.4 Å². The maximum absolute atomic E-state index is 11.5. The molecule has 2 atom stereocenters. The van der Waals surface area contributed by atoms with Gasteiger partial charge in [-0.1, -0.05) is 0 Å². The van der Waals surface area contributed by atoms with Crippen molar-refractivity contribution in [3.63, 3.8) is 0 Å². The van der Waals surface area contributed by atoms with Crippen molar-refractivity contribution in [1.82, 2.24) is 0 Å². The number of aliphatic hydroxyl groups excluding tert-OH is 1. The van der Waals surface area contributed by atoms with Crippen molar-refractivity contribution in [1.29, 1.82) is 0 Å². The van der Waals surface area contributed by atoms with E-state index in [1.165, 1.54) is 6.92 Å². The van der Waals surface area contributed by atoms with E-state index in [4.69, 9.17) is 10.8 Å². The monoisotopic (exact) mass is 157 g/mol. The van der Waals surface area contributed by atoms with Crippen molar-refractivity contribution in [3.8, 4) is 0 Å². The third-order valence-corrected chi connectivity index (χ3v) is 0.973. The van der Waals surface area contributed by atoms with Gasteiger partial charge in [-0.2, -0.15) is 13.2 Å². The van der Waals surface area contributed by atoms with Crippen LogP contribution in [0.5, 0.6) is 0 Å². The number of aliphatic hydroxyl groups is 1. The van der Waals surface area contributed by atoms with Crippen LogP contribution in [0.4, 0.5) is 13.2 Å². The summed E-state index contributed by atoms with van der Waals surface area (Å²) in [6.45, 7) is 1.41. The fraction of sp³-hybridized carbons (Fsp3) is 1.00. The van der Waals surface area contributed by atoms with Crippen molar-refractivity contribution in [2.24, 2.45) is 5.73 Å². The van der Waals surface area contributed by atoms with Crippen LogP contribution in [-0.2, 0) is 0 Å². The SMILES string of the molecule is CC(N)CC(O)C(F)(F)F. The molecule has 0 spiro atoms. The van der Waals surface area contributed by atoms with Crippen LogP contribution in [0.1, 0.15) is 13.3 Å². The van der Waals surface area contributed by atoms with Gasteiger partial charge in [0.15, 0.2) is 6.10 Å². The molecule has 0 saturated carbocycles. The molecule has 0 aliphatic heterocycles. The number of alkyl halides is 3. The lowest BCUT2D eigenvalue weighted by Crippen LogP contribution is -2.34. The van der Waals surface area contributed by atoms with Gasteiger partial charge in [-0.05, 0) is 13.3 Å². The summed E-state index contributed by atoms with van der Waals surface area (Å²) in [5.74, 6) is 0. The normalized spacial score (nSPS) is 18.6. The van der Waals surface area contributed by atoms with Crippen molar-refractivity contribution < 1.29 is 18.3 Å². The molecule has 0 heterocycles. The summed E-state index contributed by atoms with van der Waals surface area (Å²) < 4.78 is 34.5. The topological polar surface area (TPSA) is 46.2 Å². The van der Waals surface area contributed by atoms with E-state index in [9.17, 15) is 13.2 Å². The Hall–Kier alpha value is -0.290. The average molecular weight is 157 g/mol. The molecule has 0 bridgehead atoms. The van der Waals surface area contributed by atoms with Crippen LogP contribution in [0.3, 0.4) is 0 Å². The molecule has 2 unspecified atom stereocenters. The zero-order valence-corrected chi connectivity index (χ0v) is 5.52. The second kappa shape index (κ2) is 3.21. The molecule has 10 heavy (non-hydrogen) atoms. The first-order chi connectivity index (χ1) is 4.34. The van der Waals surface area contributed by atoms with Gasteiger partial charge in [-0.15, -0.1) is 0 Å². The molecule has 0 aromatic carbocycles. The van der Waals surface area contributed by atoms with Crippen LogP contribution in [0.25, 0.3) is 0 Å². The Morgan fingerprint density at radius 2 is 1.90 bits per heavy atom. The Bertz CT molecular complexity index is 102. The molecule has 62 valence electrons. The molecule has 0 aromatic rings. The van der Waals surface area contributed by atoms with E-state index < -0.39 is 24.7 Å². The molecule has 0 amide bonds. The summed E-state index contributed by atoms with van der Waals surface area (Å²) in [5.41, 5.74) is 5.03. The van der Waals surface area contributed by atoms with Gasteiger partial charge in [0.25, 0.3) is 0 Å². The molecule has 0 aromatic heterocycles. The van der Waals surface area contributed by atoms with Gasteiger partial charge in [0, 0.05) is 6.04 Å². The second-order valence-electron chi connectivity index (χ2n) is 2.27. The standard InChI is InChI=1S/C5H10F3NO/c1-3(9)2-4(10)5(6,7)8/h3-4,10H,2,9H2,1H3. The number of hydrogen-bond acceptors (Lipinski definition) is 2. The second-order valence-corrected chi connectivity index (χ2v) is 2.27. The Labute approximate surface area is 56.8 Å². The Kier molecular flexibility index (Phi) is 3.11. The highest BCUT2D eigenvalue weighted by Crippen LogP contribution is 2.22. The van der Waals surface area contributed by atoms with E-state index in [-0.39, 0.29) is 0 Å². The van der Waals surface area contributed by atoms with Crippen LogP contribution in [0, 0.1) is 0 Å². The van der Waals surface area contributed by atoms with Crippen LogP contribution in [0.15, 0.2) is 0 Å². The van der Waals surface area contributed by atoms with E-state index in [0.29, 0.717) is 0 Å². The largest absolute Gasteiger partial charge is 0.414 e. The van der Waals surface area contributed by atoms with Crippen molar-refractivity contribution >= 4 is 0 Å². The van der Waals surface area contributed by atoms with Crippen LogP contribution in [0.2, 0.25) is 0 Å². The van der Waals surface area contributed by atoms with E-state index >= 15 is 0 Å². The molecule has 0 aliphatic rings. The fourth-order valence-corrected chi connectivity index (χ4v) is 0.486. The van der Waals surface area contributed by atoms with E-state index in [2.05, 4.69) is 0 Å². The molecule has 2 nitrogen and oxygen atoms in total. The maximum Gasteiger partial charge on any atom is 0.414 e. The summed E-state index contributed by atoms with van der Waals surface area (Å²) in [5, 5.41) is 8.35. The molecular weight excluding hydrogens is 147 g/mol. The van der Waals surface area contributed by atoms with E-state index in [1.807, 2.05) is 0 Å². The molecule has 0 fully saturated rings. The highest BCUT2D eigenvalue weighted by molar-refractivity contribution is 4.69. The number of hydrogen-bond donors (Lipinski definition) is 2. The predicted octanol–water partition coefficient (Wildman–Crippen LogP) is 0.647. The van der Waals surface area contributed by atoms with Gasteiger partial charge in [-0.25, -0.2) is 0 Å². The molecular formula is C5H10F3NO. The van der Waals surface area contributed by atoms with Gasteiger partial charge in [-0.3, -0.25) is 0 Å². The minimum atomic E-state index is -4.53. The summed E-state index contributed by atoms with van der Waals surface area (Å²) in [7, 11) is 0. The van der Waals surface area contributed by atoms with E-state index in [1.54, 1.807) is 0 Å². The molecule has 0 aliphatic carbocycles. The maximum atomic E-state index is 11.5. The fourth-order valence-electron chi connectivity index (χ4n) is 0.486. The zero-order valence-electron chi connectivity index (χ0n) is 5.52. The van der Waals surface area contributed by atoms with E-state index in [0.717, 1.165) is 0 Å². The Morgan fingerprint density at radius 1 is 1.50 bits per heavy atom. The van der Waals surface area contributed by atoms with Gasteiger partial charge < -0.3 is 10.8 Å². The van der Waals surface area contributed by atoms with Gasteiger partial charge in [0.1, 0.15) is 0 Å². The number of rotatable bonds is 2. The number of nitrogens with two attached hydrogens (primary N) is 1. The van der Waals surface area contributed by atoms with Crippen LogP contribution < -0.4 is 5.73 Å². The number of halogens is 3. The molecule has 0 rings (SSSR count). The Morgan fingerprint density at radius 3 is 2.00 bits per heavy atom. The molecule has 5 heteroatoms. The molecule has 3 N–H and O–H groups in total. The molecule has 0 radical (unpaired) electrons. The van der Waals surface area contributed by atoms with Crippen molar-refractivity contribution in [2.45, 2.75) is 31.7 Å². The summed E-state index contributed by atoms with van der Waals surface area (Å²) in [6, 6.07) is -0.628. The minimum absolute atomic E-state index is 0.441. The quantitative estimate of drug-likeness (QED) is 0.618. The lowest BCUT2D eigenvalue weighted by atomic mass is 10.1. The Balaban J connectivity index is 3.73. The molecule has 0 saturated heterocycles. The summed E-state index contributed by atoms with van der Waals surface area (Å²) in [4.78, 5) is 0. The highest BCUT2D eigenvalue weighted by Gasteiger charge is 2.38. The first kappa shape index (κ1) is 9.71. The lowest BCUT2D eigenvalue weighted by molar-refractivity contribution is -0.206. The van der Waals surface area contributed by atoms with Crippen molar-refractivity contribution in [3.05, 3.63) is 0 Å². The summed E-state index contributed by atoms with van der Waals surface area (Å²) in [6.07, 6.45) is -7.26. The van der Waals surface area contributed by atoms with Crippen molar-refractivity contribution in [2.75, 3.05) is 0 Å². The van der Waals surface area contributed by atoms with Gasteiger partial charge >= 0.3 is 6.18 Å². The summed E-state index contributed by atoms with van der Waals surface area (Å²) >= 11 is 0. The minimum Gasteiger partial charge on any atom is -0.384 e. The third-order valence-electron chi connectivity index (χ3n) is 0.973. The highest BCUT2D eigenvalue weighted by atomic mass is 19.4. The third kappa shape index (κ3) is 3.68. The van der Waals surface area contributed by atoms with Gasteiger partial charge in [0.05, 0.1) is 0 Å². The smallest absolute Gasteiger partial charge is 0.384 e. The average Bonchev–Trinajstić information content (AvgIpc) is 1.60. The van der Waals surface area contributed by atoms with Crippen LogP contribution >= 0.6 is 0 Å². The first-order valence-corrected chi connectivity index (χ1v) is 2.84. The first-order valence-electron chi connectivity index (χ1n) is 2.84. The zero-order chi connectivity index (χ0) is 8.36. The predicted molar refractivity (Wildman–Crippen MR) is 30.3 cm³/mol.